The molecule has 0 saturated heterocycles. The van der Waals surface area contributed by atoms with Gasteiger partial charge in [-0.3, -0.25) is 9.59 Å². The van der Waals surface area contributed by atoms with E-state index < -0.39 is 17.4 Å². The summed E-state index contributed by atoms with van der Waals surface area (Å²) in [7, 11) is 0. The highest BCUT2D eigenvalue weighted by Crippen LogP contribution is 2.32. The quantitative estimate of drug-likeness (QED) is 0.134. The predicted molar refractivity (Wildman–Crippen MR) is 121 cm³/mol. The first-order chi connectivity index (χ1) is 13.9. The van der Waals surface area contributed by atoms with Crippen LogP contribution in [-0.2, 0) is 19.1 Å². The molecule has 0 aliphatic heterocycles. The smallest absolute Gasteiger partial charge is 0.323 e. The highest BCUT2D eigenvalue weighted by Gasteiger charge is 2.46. The first-order valence-corrected chi connectivity index (χ1v) is 12.3. The minimum Gasteiger partial charge on any atom is -0.462 e. The fraction of sp³-hybridized carbons (Fsp3) is 0.920. The van der Waals surface area contributed by atoms with Crippen molar-refractivity contribution in [2.45, 2.75) is 144 Å². The van der Waals surface area contributed by atoms with Gasteiger partial charge in [0.15, 0.2) is 5.41 Å². The normalized spacial score (nSPS) is 13.7. The number of carbonyl (C=O) groups excluding carboxylic acids is 2. The average Bonchev–Trinajstić information content (AvgIpc) is 2.69. The highest BCUT2D eigenvalue weighted by atomic mass is 16.6. The Morgan fingerprint density at radius 1 is 0.621 bits per heavy atom. The topological polar surface area (TPSA) is 52.6 Å². The van der Waals surface area contributed by atoms with E-state index in [0.717, 1.165) is 25.7 Å². The molecule has 0 aromatic carbocycles. The maximum Gasteiger partial charge on any atom is 0.323 e. The van der Waals surface area contributed by atoms with E-state index in [1.54, 1.807) is 0 Å². The highest BCUT2D eigenvalue weighted by molar-refractivity contribution is 6.00. The molecular formula is C25H48O4. The van der Waals surface area contributed by atoms with Crippen LogP contribution in [0, 0.1) is 5.41 Å². The van der Waals surface area contributed by atoms with Crippen LogP contribution in [0.1, 0.15) is 131 Å². The number of ether oxygens (including phenoxy) is 2. The maximum absolute atomic E-state index is 12.9. The lowest BCUT2D eigenvalue weighted by molar-refractivity contribution is -0.179. The van der Waals surface area contributed by atoms with Crippen molar-refractivity contribution in [1.82, 2.24) is 0 Å². The summed E-state index contributed by atoms with van der Waals surface area (Å²) in [5, 5.41) is 0. The summed E-state index contributed by atoms with van der Waals surface area (Å²) in [5.74, 6) is -0.826. The molecule has 4 heteroatoms. The third kappa shape index (κ3) is 11.1. The largest absolute Gasteiger partial charge is 0.462 e. The van der Waals surface area contributed by atoms with Crippen LogP contribution in [0.4, 0.5) is 0 Å². The van der Waals surface area contributed by atoms with Gasteiger partial charge in [-0.05, 0) is 52.4 Å². The summed E-state index contributed by atoms with van der Waals surface area (Å²) in [6.07, 6.45) is 14.1. The molecule has 0 fully saturated rings. The third-order valence-electron chi connectivity index (χ3n) is 6.03. The van der Waals surface area contributed by atoms with Crippen molar-refractivity contribution in [2.75, 3.05) is 0 Å². The molecule has 0 spiro atoms. The van der Waals surface area contributed by atoms with Crippen LogP contribution in [0.25, 0.3) is 0 Å². The molecule has 0 N–H and O–H groups in total. The fourth-order valence-corrected chi connectivity index (χ4v) is 3.69. The standard InChI is InChI=1S/C25H48O4/c1-7-11-13-15-17-19-21(5)28-23(26)25(9-3,10-4)24(27)29-22(6)20-18-16-14-12-8-2/h21-22H,7-20H2,1-6H3. The molecule has 0 rings (SSSR count). The fourth-order valence-electron chi connectivity index (χ4n) is 3.69. The molecule has 0 aliphatic carbocycles. The molecule has 29 heavy (non-hydrogen) atoms. The van der Waals surface area contributed by atoms with E-state index in [1.807, 2.05) is 27.7 Å². The van der Waals surface area contributed by atoms with Gasteiger partial charge >= 0.3 is 11.9 Å². The van der Waals surface area contributed by atoms with Gasteiger partial charge in [0.2, 0.25) is 0 Å². The predicted octanol–water partition coefficient (Wildman–Crippen LogP) is 7.38. The number of hydrogen-bond acceptors (Lipinski definition) is 4. The van der Waals surface area contributed by atoms with Gasteiger partial charge in [0.25, 0.3) is 0 Å². The van der Waals surface area contributed by atoms with Crippen molar-refractivity contribution in [3.8, 4) is 0 Å². The zero-order chi connectivity index (χ0) is 22.1. The first-order valence-electron chi connectivity index (χ1n) is 12.3. The Kier molecular flexibility index (Phi) is 16.1. The minimum atomic E-state index is -1.17. The van der Waals surface area contributed by atoms with E-state index in [0.29, 0.717) is 12.8 Å². The summed E-state index contributed by atoms with van der Waals surface area (Å²) in [6.45, 7) is 12.0. The lowest BCUT2D eigenvalue weighted by Crippen LogP contribution is -2.43. The Labute approximate surface area is 180 Å². The van der Waals surface area contributed by atoms with Crippen LogP contribution in [-0.4, -0.2) is 24.1 Å². The summed E-state index contributed by atoms with van der Waals surface area (Å²) >= 11 is 0. The minimum absolute atomic E-state index is 0.162. The number of unbranched alkanes of at least 4 members (excludes halogenated alkanes) is 8. The van der Waals surface area contributed by atoms with Crippen molar-refractivity contribution in [3.05, 3.63) is 0 Å². The van der Waals surface area contributed by atoms with Crippen LogP contribution in [0.15, 0.2) is 0 Å². The number of esters is 2. The van der Waals surface area contributed by atoms with Crippen molar-refractivity contribution >= 4 is 11.9 Å². The first kappa shape index (κ1) is 27.9. The van der Waals surface area contributed by atoms with E-state index >= 15 is 0 Å². The van der Waals surface area contributed by atoms with Crippen molar-refractivity contribution in [3.63, 3.8) is 0 Å². The Morgan fingerprint density at radius 2 is 0.966 bits per heavy atom. The van der Waals surface area contributed by atoms with Gasteiger partial charge in [-0.25, -0.2) is 0 Å². The SMILES string of the molecule is CCCCCCCC(C)OC(=O)C(CC)(CC)C(=O)OC(C)CCCCCCC. The molecule has 0 saturated carbocycles. The Hall–Kier alpha value is -1.06. The van der Waals surface area contributed by atoms with Crippen LogP contribution in [0.5, 0.6) is 0 Å². The van der Waals surface area contributed by atoms with Gasteiger partial charge in [-0.15, -0.1) is 0 Å². The summed E-state index contributed by atoms with van der Waals surface area (Å²) in [6, 6.07) is 0. The van der Waals surface area contributed by atoms with E-state index in [-0.39, 0.29) is 12.2 Å². The molecular weight excluding hydrogens is 364 g/mol. The number of rotatable bonds is 18. The molecule has 0 heterocycles. The lowest BCUT2D eigenvalue weighted by atomic mass is 9.82. The Balaban J connectivity index is 4.59. The van der Waals surface area contributed by atoms with Crippen LogP contribution in [0.3, 0.4) is 0 Å². The van der Waals surface area contributed by atoms with Crippen LogP contribution < -0.4 is 0 Å². The molecule has 2 atom stereocenters. The van der Waals surface area contributed by atoms with E-state index in [9.17, 15) is 9.59 Å². The van der Waals surface area contributed by atoms with Crippen molar-refractivity contribution < 1.29 is 19.1 Å². The molecule has 0 radical (unpaired) electrons. The molecule has 172 valence electrons. The van der Waals surface area contributed by atoms with Crippen molar-refractivity contribution in [1.29, 1.82) is 0 Å². The summed E-state index contributed by atoms with van der Waals surface area (Å²) < 4.78 is 11.4. The van der Waals surface area contributed by atoms with Gasteiger partial charge in [0.05, 0.1) is 12.2 Å². The van der Waals surface area contributed by atoms with E-state index in [2.05, 4.69) is 13.8 Å². The Morgan fingerprint density at radius 3 is 1.28 bits per heavy atom. The number of carbonyl (C=O) groups is 2. The number of hydrogen-bond donors (Lipinski definition) is 0. The summed E-state index contributed by atoms with van der Waals surface area (Å²) in [5.41, 5.74) is -1.17. The molecule has 2 unspecified atom stereocenters. The second kappa shape index (κ2) is 16.7. The van der Waals surface area contributed by atoms with E-state index in [4.69, 9.17) is 9.47 Å². The molecule has 0 bridgehead atoms. The molecule has 4 nitrogen and oxygen atoms in total. The van der Waals surface area contributed by atoms with Crippen molar-refractivity contribution in [2.24, 2.45) is 5.41 Å². The van der Waals surface area contributed by atoms with Crippen LogP contribution >= 0.6 is 0 Å². The average molecular weight is 413 g/mol. The van der Waals surface area contributed by atoms with E-state index in [1.165, 1.54) is 51.4 Å². The lowest BCUT2D eigenvalue weighted by Gasteiger charge is -2.30. The maximum atomic E-state index is 12.9. The van der Waals surface area contributed by atoms with Gasteiger partial charge < -0.3 is 9.47 Å². The zero-order valence-electron chi connectivity index (χ0n) is 20.2. The molecule has 0 aromatic rings. The third-order valence-corrected chi connectivity index (χ3v) is 6.03. The van der Waals surface area contributed by atoms with Crippen LogP contribution in [0.2, 0.25) is 0 Å². The van der Waals surface area contributed by atoms with Gasteiger partial charge in [-0.1, -0.05) is 79.1 Å². The summed E-state index contributed by atoms with van der Waals surface area (Å²) in [4.78, 5) is 25.8. The molecule has 0 aromatic heterocycles. The zero-order valence-corrected chi connectivity index (χ0v) is 20.2. The Bertz CT molecular complexity index is 393. The van der Waals surface area contributed by atoms with Gasteiger partial charge in [0.1, 0.15) is 0 Å². The molecule has 0 amide bonds. The van der Waals surface area contributed by atoms with Gasteiger partial charge in [-0.2, -0.15) is 0 Å². The van der Waals surface area contributed by atoms with Gasteiger partial charge in [0, 0.05) is 0 Å². The second-order valence-corrected chi connectivity index (χ2v) is 8.63. The molecule has 0 aliphatic rings. The monoisotopic (exact) mass is 412 g/mol. The second-order valence-electron chi connectivity index (χ2n) is 8.63.